The number of benzene rings is 3. The Morgan fingerprint density at radius 2 is 1.78 bits per heavy atom. The molecule has 0 aromatic heterocycles. The maximum absolute atomic E-state index is 14.2. The fraction of sp³-hybridized carbons (Fsp3) is 0.148. The average molecular weight is 488 g/mol. The molecular formula is C27H22F2N4O3. The van der Waals surface area contributed by atoms with E-state index < -0.39 is 17.3 Å². The first kappa shape index (κ1) is 23.2. The van der Waals surface area contributed by atoms with Crippen LogP contribution in [-0.2, 0) is 24.4 Å². The minimum atomic E-state index is -0.471. The van der Waals surface area contributed by atoms with Crippen LogP contribution in [-0.4, -0.2) is 27.4 Å². The van der Waals surface area contributed by atoms with Gasteiger partial charge in [0.05, 0.1) is 18.2 Å². The first-order chi connectivity index (χ1) is 17.4. The van der Waals surface area contributed by atoms with Gasteiger partial charge < -0.3 is 14.6 Å². The van der Waals surface area contributed by atoms with Gasteiger partial charge in [0.2, 0.25) is 5.91 Å². The van der Waals surface area contributed by atoms with E-state index in [9.17, 15) is 18.4 Å². The SMILES string of the molecule is COc1cccc(CNC(=O)Cn2nc3c4cc(F)ccc4n(Cc4ccc(F)cc4)cc-3c2=O)c1. The molecule has 0 saturated heterocycles. The van der Waals surface area contributed by atoms with Gasteiger partial charge in [-0.25, -0.2) is 13.5 Å². The second kappa shape index (κ2) is 9.61. The van der Waals surface area contributed by atoms with E-state index in [-0.39, 0.29) is 24.5 Å². The Morgan fingerprint density at radius 1 is 1.00 bits per heavy atom. The molecule has 5 rings (SSSR count). The highest BCUT2D eigenvalue weighted by molar-refractivity contribution is 5.93. The van der Waals surface area contributed by atoms with Crippen molar-refractivity contribution in [3.8, 4) is 17.0 Å². The number of carbonyl (C=O) groups excluding carboxylic acids is 1. The van der Waals surface area contributed by atoms with Crippen LogP contribution in [0.2, 0.25) is 0 Å². The predicted octanol–water partition coefficient (Wildman–Crippen LogP) is 3.95. The van der Waals surface area contributed by atoms with Crippen LogP contribution in [0.3, 0.4) is 0 Å². The number of hydrogen-bond acceptors (Lipinski definition) is 4. The Hall–Kier alpha value is -4.53. The molecule has 3 aromatic rings. The molecule has 0 spiro atoms. The summed E-state index contributed by atoms with van der Waals surface area (Å²) in [5.41, 5.74) is 2.42. The highest BCUT2D eigenvalue weighted by atomic mass is 19.1. The van der Waals surface area contributed by atoms with Gasteiger partial charge in [-0.15, -0.1) is 0 Å². The Balaban J connectivity index is 1.46. The monoisotopic (exact) mass is 488 g/mol. The highest BCUT2D eigenvalue weighted by Crippen LogP contribution is 2.28. The average Bonchev–Trinajstić information content (AvgIpc) is 3.19. The molecule has 2 heterocycles. The third-order valence-electron chi connectivity index (χ3n) is 5.93. The van der Waals surface area contributed by atoms with E-state index in [1.54, 1.807) is 42.1 Å². The molecule has 0 saturated carbocycles. The molecule has 1 amide bonds. The lowest BCUT2D eigenvalue weighted by atomic mass is 10.1. The van der Waals surface area contributed by atoms with Gasteiger partial charge >= 0.3 is 0 Å². The molecule has 0 fully saturated rings. The molecule has 182 valence electrons. The molecular weight excluding hydrogens is 466 g/mol. The lowest BCUT2D eigenvalue weighted by Gasteiger charge is -2.14. The first-order valence-corrected chi connectivity index (χ1v) is 11.2. The third-order valence-corrected chi connectivity index (χ3v) is 5.93. The summed E-state index contributed by atoms with van der Waals surface area (Å²) >= 11 is 0. The summed E-state index contributed by atoms with van der Waals surface area (Å²) in [7, 11) is 1.56. The summed E-state index contributed by atoms with van der Waals surface area (Å²) in [6.07, 6.45) is 1.64. The molecule has 1 N–H and O–H groups in total. The third kappa shape index (κ3) is 4.68. The minimum absolute atomic E-state index is 0.260. The normalized spacial score (nSPS) is 11.2. The number of aromatic nitrogens is 3. The summed E-state index contributed by atoms with van der Waals surface area (Å²) in [4.78, 5) is 25.7. The molecule has 0 aliphatic carbocycles. The minimum Gasteiger partial charge on any atom is -0.497 e. The maximum atomic E-state index is 14.2. The number of halogens is 2. The number of carbonyl (C=O) groups is 1. The highest BCUT2D eigenvalue weighted by Gasteiger charge is 2.22. The molecule has 3 aromatic carbocycles. The van der Waals surface area contributed by atoms with Gasteiger partial charge in [0.15, 0.2) is 0 Å². The van der Waals surface area contributed by atoms with E-state index in [1.807, 2.05) is 18.2 Å². The fourth-order valence-electron chi connectivity index (χ4n) is 4.15. The van der Waals surface area contributed by atoms with Crippen LogP contribution in [0.5, 0.6) is 5.75 Å². The van der Waals surface area contributed by atoms with Crippen molar-refractivity contribution in [1.82, 2.24) is 19.7 Å². The number of hydrogen-bond donors (Lipinski definition) is 1. The van der Waals surface area contributed by atoms with E-state index in [4.69, 9.17) is 4.74 Å². The summed E-state index contributed by atoms with van der Waals surface area (Å²) in [5.74, 6) is -0.535. The number of fused-ring (bicyclic) bond motifs is 3. The maximum Gasteiger partial charge on any atom is 0.278 e. The number of methoxy groups -OCH3 is 1. The number of nitrogens with one attached hydrogen (secondary N) is 1. The summed E-state index contributed by atoms with van der Waals surface area (Å²) in [5, 5.41) is 7.58. The first-order valence-electron chi connectivity index (χ1n) is 11.2. The summed E-state index contributed by atoms with van der Waals surface area (Å²) < 4.78 is 35.6. The van der Waals surface area contributed by atoms with E-state index in [0.717, 1.165) is 15.8 Å². The van der Waals surface area contributed by atoms with Gasteiger partial charge in [0, 0.05) is 24.7 Å². The van der Waals surface area contributed by atoms with Crippen molar-refractivity contribution in [2.45, 2.75) is 19.6 Å². The molecule has 7 nitrogen and oxygen atoms in total. The van der Waals surface area contributed by atoms with Gasteiger partial charge in [-0.2, -0.15) is 5.10 Å². The van der Waals surface area contributed by atoms with E-state index in [1.165, 1.54) is 24.3 Å². The lowest BCUT2D eigenvalue weighted by Crippen LogP contribution is -2.31. The second-order valence-electron chi connectivity index (χ2n) is 8.40. The molecule has 2 aliphatic rings. The van der Waals surface area contributed by atoms with E-state index in [0.29, 0.717) is 28.9 Å². The molecule has 2 aliphatic heterocycles. The van der Waals surface area contributed by atoms with Crippen molar-refractivity contribution in [2.75, 3.05) is 7.11 Å². The lowest BCUT2D eigenvalue weighted by molar-refractivity contribution is -0.122. The Morgan fingerprint density at radius 3 is 2.56 bits per heavy atom. The largest absolute Gasteiger partial charge is 0.497 e. The van der Waals surface area contributed by atoms with Gasteiger partial charge in [-0.3, -0.25) is 9.59 Å². The van der Waals surface area contributed by atoms with Gasteiger partial charge in [0.1, 0.15) is 29.6 Å². The van der Waals surface area contributed by atoms with E-state index >= 15 is 0 Å². The number of nitrogens with zero attached hydrogens (tertiary/aromatic N) is 3. The van der Waals surface area contributed by atoms with Crippen molar-refractivity contribution >= 4 is 16.8 Å². The summed E-state index contributed by atoms with van der Waals surface area (Å²) in [6.45, 7) is 0.313. The van der Waals surface area contributed by atoms with Crippen LogP contribution in [0, 0.1) is 11.6 Å². The van der Waals surface area contributed by atoms with Crippen molar-refractivity contribution in [3.63, 3.8) is 0 Å². The molecule has 36 heavy (non-hydrogen) atoms. The van der Waals surface area contributed by atoms with Crippen LogP contribution in [0.25, 0.3) is 22.2 Å². The van der Waals surface area contributed by atoms with Crippen LogP contribution in [0.1, 0.15) is 11.1 Å². The zero-order valence-electron chi connectivity index (χ0n) is 19.4. The van der Waals surface area contributed by atoms with Gasteiger partial charge in [0.25, 0.3) is 5.56 Å². The Labute approximate surface area is 204 Å². The quantitative estimate of drug-likeness (QED) is 0.376. The molecule has 0 radical (unpaired) electrons. The zero-order chi connectivity index (χ0) is 25.2. The van der Waals surface area contributed by atoms with Crippen LogP contribution >= 0.6 is 0 Å². The standard InChI is InChI=1S/C27H22F2N4O3/c1-36-21-4-2-3-18(11-21)13-30-25(34)16-33-27(35)23-15-32(14-17-5-7-19(28)8-6-17)24-10-9-20(29)12-22(24)26(23)31-33/h2-12,15H,13-14,16H2,1H3,(H,30,34). The second-order valence-corrected chi connectivity index (χ2v) is 8.40. The molecule has 0 bridgehead atoms. The Bertz CT molecular complexity index is 1590. The van der Waals surface area contributed by atoms with Crippen LogP contribution in [0.4, 0.5) is 8.78 Å². The number of pyridine rings is 1. The smallest absolute Gasteiger partial charge is 0.278 e. The predicted molar refractivity (Wildman–Crippen MR) is 131 cm³/mol. The van der Waals surface area contributed by atoms with E-state index in [2.05, 4.69) is 10.4 Å². The van der Waals surface area contributed by atoms with Crippen molar-refractivity contribution in [1.29, 1.82) is 0 Å². The van der Waals surface area contributed by atoms with Crippen molar-refractivity contribution < 1.29 is 18.3 Å². The molecule has 0 atom stereocenters. The number of ether oxygens (including phenoxy) is 1. The summed E-state index contributed by atoms with van der Waals surface area (Å²) in [6, 6.07) is 17.6. The van der Waals surface area contributed by atoms with Crippen LogP contribution < -0.4 is 15.6 Å². The molecule has 0 unspecified atom stereocenters. The fourth-order valence-corrected chi connectivity index (χ4v) is 4.15. The molecule has 9 heteroatoms. The number of rotatable bonds is 7. The topological polar surface area (TPSA) is 78.2 Å². The van der Waals surface area contributed by atoms with Crippen molar-refractivity contribution in [2.24, 2.45) is 0 Å². The number of amides is 1. The van der Waals surface area contributed by atoms with Gasteiger partial charge in [-0.1, -0.05) is 24.3 Å². The zero-order valence-corrected chi connectivity index (χ0v) is 19.4. The Kier molecular flexibility index (Phi) is 6.20. The van der Waals surface area contributed by atoms with Crippen LogP contribution in [0.15, 0.2) is 77.7 Å². The van der Waals surface area contributed by atoms with Crippen molar-refractivity contribution in [3.05, 3.63) is 106 Å². The van der Waals surface area contributed by atoms with Gasteiger partial charge in [-0.05, 0) is 53.6 Å².